The lowest BCUT2D eigenvalue weighted by Crippen LogP contribution is -2.60. The van der Waals surface area contributed by atoms with Crippen LogP contribution in [0.25, 0.3) is 0 Å². The number of oxime groups is 1. The van der Waals surface area contributed by atoms with Gasteiger partial charge in [-0.3, -0.25) is 4.79 Å². The minimum Gasteiger partial charge on any atom is -0.411 e. The fourth-order valence-electron chi connectivity index (χ4n) is 3.47. The molecule has 0 saturated heterocycles. The van der Waals surface area contributed by atoms with Crippen molar-refractivity contribution < 1.29 is 26.8 Å². The molecule has 0 radical (unpaired) electrons. The molecule has 0 heterocycles. The van der Waals surface area contributed by atoms with Gasteiger partial charge in [0.15, 0.2) is 30.3 Å². The molecule has 1 aliphatic carbocycles. The zero-order valence-electron chi connectivity index (χ0n) is 15.7. The van der Waals surface area contributed by atoms with Crippen LogP contribution in [0.3, 0.4) is 0 Å². The van der Waals surface area contributed by atoms with Crippen molar-refractivity contribution in [1.29, 1.82) is 0 Å². The maximum atomic E-state index is 13.5. The maximum Gasteiger partial charge on any atom is 0.186 e. The number of allylic oxidation sites excluding steroid dienone is 1. The number of rotatable bonds is 5. The summed E-state index contributed by atoms with van der Waals surface area (Å²) in [6, 6.07) is 14.4. The van der Waals surface area contributed by atoms with Crippen molar-refractivity contribution in [1.82, 2.24) is 0 Å². The molecule has 3 unspecified atom stereocenters. The van der Waals surface area contributed by atoms with Crippen LogP contribution in [0.5, 0.6) is 0 Å². The van der Waals surface area contributed by atoms with E-state index in [-0.39, 0.29) is 15.4 Å². The van der Waals surface area contributed by atoms with Crippen molar-refractivity contribution in [2.75, 3.05) is 0 Å². The number of halogens is 1. The Labute approximate surface area is 179 Å². The number of Topliss-reactive ketones (excluding diaryl/α,β-unsaturated/α-hetero) is 1. The van der Waals surface area contributed by atoms with Crippen LogP contribution in [0.1, 0.15) is 6.92 Å². The third kappa shape index (κ3) is 3.57. The van der Waals surface area contributed by atoms with Gasteiger partial charge in [-0.05, 0) is 36.8 Å². The lowest BCUT2D eigenvalue weighted by molar-refractivity contribution is -0.116. The summed E-state index contributed by atoms with van der Waals surface area (Å²) in [4.78, 5) is 10.1. The molecule has 0 aromatic heterocycles. The minimum absolute atomic E-state index is 0.0473. The van der Waals surface area contributed by atoms with Crippen LogP contribution >= 0.6 is 11.6 Å². The third-order valence-corrected chi connectivity index (χ3v) is 10.0. The van der Waals surface area contributed by atoms with E-state index in [1.54, 1.807) is 12.1 Å². The fraction of sp³-hybridized carbons (Fsp3) is 0.200. The molecule has 0 aliphatic heterocycles. The second-order valence-electron chi connectivity index (χ2n) is 6.79. The van der Waals surface area contributed by atoms with E-state index in [1.165, 1.54) is 55.5 Å². The number of nitrogens with zero attached hydrogens (tertiary/aromatic N) is 1. The summed E-state index contributed by atoms with van der Waals surface area (Å²) >= 11 is 6.47. The largest absolute Gasteiger partial charge is 0.411 e. The molecule has 2 aromatic carbocycles. The van der Waals surface area contributed by atoms with Gasteiger partial charge >= 0.3 is 0 Å². The number of benzene rings is 2. The van der Waals surface area contributed by atoms with Gasteiger partial charge in [0.05, 0.1) is 16.0 Å². The number of hydrogen-bond acceptors (Lipinski definition) is 7. The molecule has 2 aromatic rings. The molecule has 0 fully saturated rings. The first-order valence-electron chi connectivity index (χ1n) is 8.75. The van der Waals surface area contributed by atoms with Gasteiger partial charge in [0.25, 0.3) is 0 Å². The topological polar surface area (TPSA) is 118 Å². The Kier molecular flexibility index (Phi) is 5.90. The van der Waals surface area contributed by atoms with Crippen molar-refractivity contribution in [2.45, 2.75) is 32.1 Å². The van der Waals surface area contributed by atoms with Crippen molar-refractivity contribution >= 4 is 43.3 Å². The van der Waals surface area contributed by atoms with E-state index in [9.17, 15) is 21.6 Å². The number of carbonyl (C=O) groups excluding carboxylic acids is 1. The van der Waals surface area contributed by atoms with Crippen LogP contribution in [0, 0.1) is 0 Å². The first kappa shape index (κ1) is 22.2. The molecule has 30 heavy (non-hydrogen) atoms. The van der Waals surface area contributed by atoms with Crippen LogP contribution in [0.2, 0.25) is 0 Å². The van der Waals surface area contributed by atoms with Crippen LogP contribution in [-0.4, -0.2) is 49.4 Å². The third-order valence-electron chi connectivity index (χ3n) is 4.91. The van der Waals surface area contributed by atoms with E-state index >= 15 is 0 Å². The van der Waals surface area contributed by atoms with Gasteiger partial charge in [0.2, 0.25) is 0 Å². The monoisotopic (exact) mass is 467 g/mol. The molecule has 1 aliphatic rings. The Morgan fingerprint density at radius 1 is 0.933 bits per heavy atom. The molecule has 0 amide bonds. The van der Waals surface area contributed by atoms with Gasteiger partial charge in [0.1, 0.15) is 10.5 Å². The Morgan fingerprint density at radius 2 is 1.40 bits per heavy atom. The zero-order valence-corrected chi connectivity index (χ0v) is 18.1. The Hall–Kier alpha value is -2.49. The smallest absolute Gasteiger partial charge is 0.186 e. The van der Waals surface area contributed by atoms with E-state index in [0.29, 0.717) is 6.21 Å². The molecular formula is C20H18ClNO6S2. The molecule has 10 heteroatoms. The van der Waals surface area contributed by atoms with Crippen LogP contribution < -0.4 is 0 Å². The van der Waals surface area contributed by atoms with Crippen LogP contribution in [-0.2, 0) is 24.5 Å². The summed E-state index contributed by atoms with van der Waals surface area (Å²) in [7, 11) is -8.75. The Bertz CT molecular complexity index is 1220. The number of hydrogen-bond donors (Lipinski definition) is 1. The van der Waals surface area contributed by atoms with Gasteiger partial charge in [-0.15, -0.1) is 11.6 Å². The van der Waals surface area contributed by atoms with Gasteiger partial charge in [-0.25, -0.2) is 16.8 Å². The normalized spacial score (nSPS) is 25.3. The highest BCUT2D eigenvalue weighted by molar-refractivity contribution is 7.96. The fourth-order valence-corrected chi connectivity index (χ4v) is 8.76. The predicted octanol–water partition coefficient (Wildman–Crippen LogP) is 2.64. The number of carbonyl (C=O) groups is 1. The highest BCUT2D eigenvalue weighted by atomic mass is 35.5. The number of ketones is 1. The SMILES string of the molecule is CC1=CC(S(=O)(=O)c2ccccc2)C(S(=O)(=O)c2ccccc2)C(Cl)(C=NO)C1=O. The standard InChI is InChI=1S/C20H18ClNO6S2/c1-14-12-17(29(25,26)15-8-4-2-5-9-15)19(20(21,13-22-24)18(14)23)30(27,28)16-10-6-3-7-11-16/h2-13,17,19,24H,1H3. The van der Waals surface area contributed by atoms with Crippen LogP contribution in [0.15, 0.2) is 87.3 Å². The quantitative estimate of drug-likeness (QED) is 0.312. The van der Waals surface area contributed by atoms with E-state index in [2.05, 4.69) is 5.16 Å². The highest BCUT2D eigenvalue weighted by Gasteiger charge is 2.59. The Balaban J connectivity index is 2.35. The average molecular weight is 468 g/mol. The van der Waals surface area contributed by atoms with E-state index in [1.807, 2.05) is 0 Å². The molecule has 3 rings (SSSR count). The van der Waals surface area contributed by atoms with E-state index in [0.717, 1.165) is 6.08 Å². The van der Waals surface area contributed by atoms with E-state index in [4.69, 9.17) is 16.8 Å². The summed E-state index contributed by atoms with van der Waals surface area (Å²) < 4.78 is 54.0. The summed E-state index contributed by atoms with van der Waals surface area (Å²) in [6.07, 6.45) is 1.67. The molecule has 0 saturated carbocycles. The van der Waals surface area contributed by atoms with Crippen molar-refractivity contribution in [2.24, 2.45) is 5.16 Å². The molecular weight excluding hydrogens is 450 g/mol. The number of alkyl halides is 1. The summed E-state index contributed by atoms with van der Waals surface area (Å²) in [5.74, 6) is -0.856. The summed E-state index contributed by atoms with van der Waals surface area (Å²) in [6.45, 7) is 1.34. The lowest BCUT2D eigenvalue weighted by Gasteiger charge is -2.38. The van der Waals surface area contributed by atoms with Crippen molar-refractivity contribution in [3.8, 4) is 0 Å². The second kappa shape index (κ2) is 7.98. The molecule has 158 valence electrons. The van der Waals surface area contributed by atoms with Crippen molar-refractivity contribution in [3.63, 3.8) is 0 Å². The Morgan fingerprint density at radius 3 is 1.87 bits per heavy atom. The predicted molar refractivity (Wildman–Crippen MR) is 112 cm³/mol. The van der Waals surface area contributed by atoms with Gasteiger partial charge in [-0.1, -0.05) is 47.6 Å². The van der Waals surface area contributed by atoms with Crippen molar-refractivity contribution in [3.05, 3.63) is 72.3 Å². The maximum absolute atomic E-state index is 13.5. The highest BCUT2D eigenvalue weighted by Crippen LogP contribution is 2.41. The molecule has 3 atom stereocenters. The first-order chi connectivity index (χ1) is 14.1. The molecule has 0 bridgehead atoms. The van der Waals surface area contributed by atoms with Gasteiger partial charge in [-0.2, -0.15) is 0 Å². The average Bonchev–Trinajstić information content (AvgIpc) is 2.73. The van der Waals surface area contributed by atoms with Gasteiger partial charge < -0.3 is 5.21 Å². The molecule has 7 nitrogen and oxygen atoms in total. The van der Waals surface area contributed by atoms with E-state index < -0.39 is 40.8 Å². The lowest BCUT2D eigenvalue weighted by atomic mass is 9.87. The zero-order chi connectivity index (χ0) is 22.2. The van der Waals surface area contributed by atoms with Crippen LogP contribution in [0.4, 0.5) is 0 Å². The molecule has 1 N–H and O–H groups in total. The second-order valence-corrected chi connectivity index (χ2v) is 11.6. The summed E-state index contributed by atoms with van der Waals surface area (Å²) in [5.41, 5.74) is -0.0473. The number of sulfone groups is 2. The van der Waals surface area contributed by atoms with Gasteiger partial charge in [0, 0.05) is 0 Å². The minimum atomic E-state index is -4.47. The molecule has 0 spiro atoms. The first-order valence-corrected chi connectivity index (χ1v) is 12.2. The summed E-state index contributed by atoms with van der Waals surface area (Å²) in [5, 5.41) is 8.25.